The molecule has 0 atom stereocenters. The number of imidazole rings is 2. The molecule has 2 saturated carbocycles. The third kappa shape index (κ3) is 13.1. The lowest BCUT2D eigenvalue weighted by Gasteiger charge is -2.09. The number of fused-ring (bicyclic) bond motifs is 2. The van der Waals surface area contributed by atoms with Gasteiger partial charge in [0.15, 0.2) is 51.7 Å². The number of hydrogen-bond acceptors (Lipinski definition) is 12. The Morgan fingerprint density at radius 3 is 1.79 bits per heavy atom. The zero-order valence-corrected chi connectivity index (χ0v) is 39.4. The molecule has 2 fully saturated rings. The molecule has 7 aromatic heterocycles. The number of hydrogen-bond donors (Lipinski definition) is 3. The first kappa shape index (κ1) is 47.1. The number of rotatable bonds is 12. The second-order valence-electron chi connectivity index (χ2n) is 14.3. The zero-order valence-electron chi connectivity index (χ0n) is 34.6. The molecule has 0 amide bonds. The molecule has 0 bridgehead atoms. The van der Waals surface area contributed by atoms with E-state index in [4.69, 9.17) is 30.8 Å². The van der Waals surface area contributed by atoms with Crippen LogP contribution in [-0.2, 0) is 6.42 Å². The molecule has 63 heavy (non-hydrogen) atoms. The van der Waals surface area contributed by atoms with Gasteiger partial charge in [-0.3, -0.25) is 4.79 Å². The maximum absolute atomic E-state index is 12.8. The van der Waals surface area contributed by atoms with Crippen LogP contribution in [0.5, 0.6) is 23.0 Å². The van der Waals surface area contributed by atoms with Crippen molar-refractivity contribution in [2.75, 3.05) is 31.3 Å². The highest BCUT2D eigenvalue weighted by Crippen LogP contribution is 2.41. The van der Waals surface area contributed by atoms with Gasteiger partial charge in [0.25, 0.3) is 6.43 Å². The highest BCUT2D eigenvalue weighted by molar-refractivity contribution is 9.11. The molecule has 2 aliphatic carbocycles. The van der Waals surface area contributed by atoms with E-state index in [-0.39, 0.29) is 29.5 Å². The topological polar surface area (TPSA) is 190 Å². The van der Waals surface area contributed by atoms with Crippen LogP contribution in [0.15, 0.2) is 93.1 Å². The van der Waals surface area contributed by atoms with Crippen molar-refractivity contribution in [3.63, 3.8) is 0 Å². The first-order valence-electron chi connectivity index (χ1n) is 20.1. The van der Waals surface area contributed by atoms with Crippen molar-refractivity contribution in [3.8, 4) is 23.0 Å². The summed E-state index contributed by atoms with van der Waals surface area (Å²) in [6, 6.07) is 11.1. The Bertz CT molecular complexity index is 2670. The van der Waals surface area contributed by atoms with E-state index in [0.717, 1.165) is 50.1 Å². The van der Waals surface area contributed by atoms with E-state index in [1.807, 2.05) is 54.2 Å². The predicted molar refractivity (Wildman–Crippen MR) is 247 cm³/mol. The Balaban J connectivity index is 0.000000155. The van der Waals surface area contributed by atoms with Gasteiger partial charge in [0, 0.05) is 68.9 Å². The quantitative estimate of drug-likeness (QED) is 0.0983. The van der Waals surface area contributed by atoms with Gasteiger partial charge in [-0.05, 0) is 136 Å². The number of pyridine rings is 5. The van der Waals surface area contributed by atoms with Crippen LogP contribution in [0.4, 0.5) is 20.4 Å². The third-order valence-electron chi connectivity index (χ3n) is 9.34. The average molecular weight is 1060 g/mol. The molecular weight excluding hydrogens is 1010 g/mol. The lowest BCUT2D eigenvalue weighted by atomic mass is 10.1. The van der Waals surface area contributed by atoms with Gasteiger partial charge >= 0.3 is 0 Å². The number of ketones is 1. The molecule has 0 aliphatic heterocycles. The smallest absolute Gasteiger partial charge is 0.280 e. The molecule has 19 heteroatoms. The van der Waals surface area contributed by atoms with Crippen LogP contribution in [0.1, 0.15) is 97.8 Å². The van der Waals surface area contributed by atoms with Crippen LogP contribution in [0.2, 0.25) is 0 Å². The fraction of sp³-hybridized carbons (Fsp3) is 0.318. The van der Waals surface area contributed by atoms with Gasteiger partial charge in [-0.15, -0.1) is 0 Å². The van der Waals surface area contributed by atoms with Crippen LogP contribution in [-0.4, -0.2) is 64.4 Å². The standard InChI is InChI=1S/C20H19F2N3O2.C12H13BrN2O.C7H9BrN2O.C5H5BrN2O/c1-2-27-18-9-12(10-25-11-16(13-6-7-13)24-20(18)25)8-17(26)14-4-3-5-15(23-14)19(21)22;1-2-16-11-5-9(13)6-15-7-10(8-3-4-8)14-12(11)15;1-2-11-6-3-5(8)4-10-7(6)9;6-3-1-4(9)5(7)8-2-3/h3-5,9-11,13,19H,2,6-8H2,1H3;5-8H,2-4H2,1H3;3-4H,2H2,1H3,(H2,9,10);1-2,9H,(H2,7,8). The number of nitrogen functional groups attached to an aromatic ring is 2. The molecular formula is C44H46Br3F2N9O5. The SMILES string of the molecule is CCOc1cc(Br)cn2cc(C3CC3)nc12.CCOc1cc(Br)cnc1N.CCOc1cc(CC(=O)c2cccc(C(F)F)n2)cn2cc(C3CC3)nc12.Nc1ncc(Br)cc1O. The zero-order chi connectivity index (χ0) is 45.2. The molecule has 2 aliphatic rings. The molecule has 9 rings (SSSR count). The summed E-state index contributed by atoms with van der Waals surface area (Å²) in [5.41, 5.74) is 15.0. The van der Waals surface area contributed by atoms with E-state index < -0.39 is 12.1 Å². The molecule has 7 heterocycles. The number of anilines is 2. The Labute approximate surface area is 387 Å². The minimum Gasteiger partial charge on any atom is -0.504 e. The van der Waals surface area contributed by atoms with Crippen LogP contribution >= 0.6 is 47.8 Å². The average Bonchev–Trinajstić information content (AvgIpc) is 4.20. The first-order chi connectivity index (χ1) is 30.3. The van der Waals surface area contributed by atoms with E-state index >= 15 is 0 Å². The fourth-order valence-corrected chi connectivity index (χ4v) is 7.17. The Morgan fingerprint density at radius 2 is 1.25 bits per heavy atom. The lowest BCUT2D eigenvalue weighted by Crippen LogP contribution is -2.09. The lowest BCUT2D eigenvalue weighted by molar-refractivity contribution is 0.0986. The highest BCUT2D eigenvalue weighted by Gasteiger charge is 2.28. The van der Waals surface area contributed by atoms with Crippen LogP contribution in [0.3, 0.4) is 0 Å². The number of nitrogens with zero attached hydrogens (tertiary/aromatic N) is 7. The summed E-state index contributed by atoms with van der Waals surface area (Å²) < 4.78 is 48.7. The number of alkyl halides is 2. The highest BCUT2D eigenvalue weighted by atomic mass is 79.9. The summed E-state index contributed by atoms with van der Waals surface area (Å²) in [5, 5.41) is 8.88. The summed E-state index contributed by atoms with van der Waals surface area (Å²) in [4.78, 5) is 33.2. The summed E-state index contributed by atoms with van der Waals surface area (Å²) in [6.07, 6.45) is 13.3. The van der Waals surface area contributed by atoms with Gasteiger partial charge in [0.05, 0.1) is 31.2 Å². The minimum atomic E-state index is -2.70. The predicted octanol–water partition coefficient (Wildman–Crippen LogP) is 10.7. The number of Topliss-reactive ketones (excluding diaryl/α,β-unsaturated/α-hetero) is 1. The second-order valence-corrected chi connectivity index (χ2v) is 17.1. The number of nitrogens with two attached hydrogens (primary N) is 2. The van der Waals surface area contributed by atoms with E-state index in [1.54, 1.807) is 18.3 Å². The molecule has 0 radical (unpaired) electrons. The normalized spacial score (nSPS) is 13.0. The molecule has 0 unspecified atom stereocenters. The van der Waals surface area contributed by atoms with E-state index in [2.05, 4.69) is 78.9 Å². The van der Waals surface area contributed by atoms with Crippen LogP contribution in [0, 0.1) is 0 Å². The van der Waals surface area contributed by atoms with Crippen LogP contribution in [0.25, 0.3) is 11.3 Å². The van der Waals surface area contributed by atoms with E-state index in [1.165, 1.54) is 49.0 Å². The molecule has 7 aromatic rings. The van der Waals surface area contributed by atoms with Crippen LogP contribution < -0.4 is 25.7 Å². The molecule has 14 nitrogen and oxygen atoms in total. The Kier molecular flexibility index (Phi) is 16.3. The summed E-state index contributed by atoms with van der Waals surface area (Å²) in [7, 11) is 0. The summed E-state index contributed by atoms with van der Waals surface area (Å²) in [6.45, 7) is 7.53. The van der Waals surface area contributed by atoms with Gasteiger partial charge in [-0.25, -0.2) is 33.7 Å². The van der Waals surface area contributed by atoms with Gasteiger partial charge < -0.3 is 39.6 Å². The Hall–Kier alpha value is -5.40. The maximum Gasteiger partial charge on any atom is 0.280 e. The van der Waals surface area contributed by atoms with Crippen molar-refractivity contribution in [1.82, 2.24) is 33.7 Å². The largest absolute Gasteiger partial charge is 0.504 e. The molecule has 0 spiro atoms. The van der Waals surface area contributed by atoms with Gasteiger partial charge in [0.2, 0.25) is 0 Å². The molecule has 0 aromatic carbocycles. The van der Waals surface area contributed by atoms with Gasteiger partial charge in [0.1, 0.15) is 11.4 Å². The molecule has 5 N–H and O–H groups in total. The maximum atomic E-state index is 12.8. The van der Waals surface area contributed by atoms with Crippen molar-refractivity contribution >= 4 is 76.5 Å². The fourth-order valence-electron chi connectivity index (χ4n) is 6.11. The van der Waals surface area contributed by atoms with Gasteiger partial charge in [-0.2, -0.15) is 0 Å². The number of aromatic nitrogens is 7. The van der Waals surface area contributed by atoms with Crippen molar-refractivity contribution in [3.05, 3.63) is 121 Å². The molecule has 0 saturated heterocycles. The number of halogens is 5. The van der Waals surface area contributed by atoms with Crippen molar-refractivity contribution in [2.24, 2.45) is 0 Å². The van der Waals surface area contributed by atoms with Gasteiger partial charge in [-0.1, -0.05) is 6.07 Å². The van der Waals surface area contributed by atoms with Crippen molar-refractivity contribution in [2.45, 2.75) is 71.1 Å². The Morgan fingerprint density at radius 1 is 0.730 bits per heavy atom. The number of carbonyl (C=O) groups is 1. The number of aromatic hydroxyl groups is 1. The first-order valence-corrected chi connectivity index (χ1v) is 22.5. The van der Waals surface area contributed by atoms with E-state index in [0.29, 0.717) is 53.4 Å². The monoisotopic (exact) mass is 1060 g/mol. The third-order valence-corrected chi connectivity index (χ3v) is 10.6. The molecule has 332 valence electrons. The summed E-state index contributed by atoms with van der Waals surface area (Å²) in [5.74, 6) is 3.54. The number of carbonyl (C=O) groups excluding carboxylic acids is 1. The minimum absolute atomic E-state index is 0.00405. The second kappa shape index (κ2) is 21.8. The van der Waals surface area contributed by atoms with Crippen molar-refractivity contribution in [1.29, 1.82) is 0 Å². The number of ether oxygens (including phenoxy) is 3. The van der Waals surface area contributed by atoms with E-state index in [9.17, 15) is 13.6 Å². The summed E-state index contributed by atoms with van der Waals surface area (Å²) >= 11 is 9.87. The van der Waals surface area contributed by atoms with Crippen molar-refractivity contribution < 1.29 is 32.9 Å².